The maximum absolute atomic E-state index is 12.6. The fourth-order valence-electron chi connectivity index (χ4n) is 1.29. The summed E-state index contributed by atoms with van der Waals surface area (Å²) in [7, 11) is 3.71. The lowest BCUT2D eigenvalue weighted by molar-refractivity contribution is -0.105. The van der Waals surface area contributed by atoms with Crippen LogP contribution in [-0.4, -0.2) is 25.3 Å². The molecule has 0 saturated carbocycles. The molecule has 1 aromatic carbocycles. The van der Waals surface area contributed by atoms with Crippen LogP contribution in [0.15, 0.2) is 36.0 Å². The van der Waals surface area contributed by atoms with Gasteiger partial charge in [-0.25, -0.2) is 4.39 Å². The van der Waals surface area contributed by atoms with Crippen LogP contribution in [0.4, 0.5) is 4.39 Å². The van der Waals surface area contributed by atoms with E-state index >= 15 is 0 Å². The van der Waals surface area contributed by atoms with Crippen molar-refractivity contribution in [2.24, 2.45) is 0 Å². The van der Waals surface area contributed by atoms with Gasteiger partial charge >= 0.3 is 0 Å². The largest absolute Gasteiger partial charge is 0.383 e. The maximum atomic E-state index is 12.6. The maximum Gasteiger partial charge on any atom is 0.147 e. The molecule has 0 amide bonds. The van der Waals surface area contributed by atoms with Crippen LogP contribution in [0.1, 0.15) is 5.56 Å². The quantitative estimate of drug-likeness (QED) is 0.556. The molecule has 0 spiro atoms. The number of halogens is 1. The zero-order chi connectivity index (χ0) is 11.3. The van der Waals surface area contributed by atoms with Crippen molar-refractivity contribution < 1.29 is 9.18 Å². The van der Waals surface area contributed by atoms with Crippen LogP contribution in [0.5, 0.6) is 0 Å². The molecular weight excluding hydrogens is 193 g/mol. The number of benzene rings is 1. The normalized spacial score (nSPS) is 11.3. The monoisotopic (exact) mass is 207 g/mol. The number of allylic oxidation sites excluding steroid dienone is 1. The standard InChI is InChI=1S/C12H14FNO/c1-14(2)8-11(9-15)7-10-3-5-12(13)6-4-10/h3-6,8-9H,7H2,1-2H3/b11-8-. The van der Waals surface area contributed by atoms with Crippen molar-refractivity contribution in [1.82, 2.24) is 4.90 Å². The molecule has 2 nitrogen and oxygen atoms in total. The summed E-state index contributed by atoms with van der Waals surface area (Å²) in [6, 6.07) is 6.16. The number of hydrogen-bond donors (Lipinski definition) is 0. The predicted octanol–water partition coefficient (Wildman–Crippen LogP) is 2.01. The SMILES string of the molecule is CN(C)/C=C(\C=O)Cc1ccc(F)cc1. The highest BCUT2D eigenvalue weighted by molar-refractivity contribution is 5.73. The second-order valence-corrected chi connectivity index (χ2v) is 3.59. The van der Waals surface area contributed by atoms with E-state index in [9.17, 15) is 9.18 Å². The van der Waals surface area contributed by atoms with E-state index in [2.05, 4.69) is 0 Å². The summed E-state index contributed by atoms with van der Waals surface area (Å²) in [4.78, 5) is 12.6. The minimum absolute atomic E-state index is 0.261. The van der Waals surface area contributed by atoms with Gasteiger partial charge in [0.15, 0.2) is 0 Å². The Hall–Kier alpha value is -1.64. The van der Waals surface area contributed by atoms with Crippen molar-refractivity contribution in [3.05, 3.63) is 47.4 Å². The summed E-state index contributed by atoms with van der Waals surface area (Å²) >= 11 is 0. The van der Waals surface area contributed by atoms with E-state index in [-0.39, 0.29) is 5.82 Å². The molecule has 0 N–H and O–H groups in total. The number of carbonyl (C=O) groups excluding carboxylic acids is 1. The summed E-state index contributed by atoms with van der Waals surface area (Å²) in [5.41, 5.74) is 1.60. The van der Waals surface area contributed by atoms with E-state index in [1.54, 1.807) is 18.3 Å². The van der Waals surface area contributed by atoms with Crippen molar-refractivity contribution in [2.75, 3.05) is 14.1 Å². The first kappa shape index (κ1) is 11.4. The smallest absolute Gasteiger partial charge is 0.147 e. The summed E-state index contributed by atoms with van der Waals surface area (Å²) in [6.07, 6.45) is 3.11. The summed E-state index contributed by atoms with van der Waals surface area (Å²) < 4.78 is 12.6. The Bertz CT molecular complexity index is 354. The van der Waals surface area contributed by atoms with Crippen LogP contribution in [-0.2, 0) is 11.2 Å². The average Bonchev–Trinajstić information content (AvgIpc) is 2.19. The topological polar surface area (TPSA) is 20.3 Å². The number of rotatable bonds is 4. The Morgan fingerprint density at radius 3 is 2.40 bits per heavy atom. The van der Waals surface area contributed by atoms with Gasteiger partial charge in [0.05, 0.1) is 0 Å². The molecule has 0 aliphatic heterocycles. The van der Waals surface area contributed by atoms with E-state index in [1.807, 2.05) is 19.0 Å². The molecule has 0 aliphatic rings. The second-order valence-electron chi connectivity index (χ2n) is 3.59. The van der Waals surface area contributed by atoms with Gasteiger partial charge in [-0.15, -0.1) is 0 Å². The molecular formula is C12H14FNO. The highest BCUT2D eigenvalue weighted by Crippen LogP contribution is 2.08. The van der Waals surface area contributed by atoms with Crippen molar-refractivity contribution in [3.63, 3.8) is 0 Å². The molecule has 0 aliphatic carbocycles. The fraction of sp³-hybridized carbons (Fsp3) is 0.250. The zero-order valence-corrected chi connectivity index (χ0v) is 8.90. The lowest BCUT2D eigenvalue weighted by Gasteiger charge is -2.07. The Morgan fingerprint density at radius 1 is 1.33 bits per heavy atom. The van der Waals surface area contributed by atoms with Crippen molar-refractivity contribution in [3.8, 4) is 0 Å². The van der Waals surface area contributed by atoms with Crippen LogP contribution in [0.2, 0.25) is 0 Å². The van der Waals surface area contributed by atoms with Gasteiger partial charge in [0.25, 0.3) is 0 Å². The van der Waals surface area contributed by atoms with E-state index < -0.39 is 0 Å². The molecule has 80 valence electrons. The van der Waals surface area contributed by atoms with Gasteiger partial charge < -0.3 is 4.90 Å². The molecule has 0 aromatic heterocycles. The minimum atomic E-state index is -0.261. The van der Waals surface area contributed by atoms with Gasteiger partial charge in [-0.2, -0.15) is 0 Å². The zero-order valence-electron chi connectivity index (χ0n) is 8.90. The summed E-state index contributed by atoms with van der Waals surface area (Å²) in [5, 5.41) is 0. The Kier molecular flexibility index (Phi) is 4.03. The van der Waals surface area contributed by atoms with Crippen molar-refractivity contribution in [1.29, 1.82) is 0 Å². The molecule has 0 radical (unpaired) electrons. The third-order valence-electron chi connectivity index (χ3n) is 1.90. The van der Waals surface area contributed by atoms with Gasteiger partial charge in [-0.1, -0.05) is 12.1 Å². The van der Waals surface area contributed by atoms with E-state index in [1.165, 1.54) is 12.1 Å². The lowest BCUT2D eigenvalue weighted by Crippen LogP contribution is -2.05. The second kappa shape index (κ2) is 5.29. The Labute approximate surface area is 89.0 Å². The third-order valence-corrected chi connectivity index (χ3v) is 1.90. The lowest BCUT2D eigenvalue weighted by atomic mass is 10.1. The average molecular weight is 207 g/mol. The Morgan fingerprint density at radius 2 is 1.93 bits per heavy atom. The van der Waals surface area contributed by atoms with E-state index in [0.717, 1.165) is 11.8 Å². The molecule has 0 unspecified atom stereocenters. The minimum Gasteiger partial charge on any atom is -0.383 e. The molecule has 0 heterocycles. The van der Waals surface area contributed by atoms with Crippen LogP contribution >= 0.6 is 0 Å². The molecule has 1 aromatic rings. The highest BCUT2D eigenvalue weighted by Gasteiger charge is 1.99. The van der Waals surface area contributed by atoms with Gasteiger partial charge in [-0.05, 0) is 17.7 Å². The summed E-state index contributed by atoms with van der Waals surface area (Å²) in [5.74, 6) is -0.261. The first-order chi connectivity index (χ1) is 7.11. The van der Waals surface area contributed by atoms with Crippen molar-refractivity contribution >= 4 is 6.29 Å². The fourth-order valence-corrected chi connectivity index (χ4v) is 1.29. The predicted molar refractivity (Wildman–Crippen MR) is 57.9 cm³/mol. The molecule has 1 rings (SSSR count). The highest BCUT2D eigenvalue weighted by atomic mass is 19.1. The Balaban J connectivity index is 2.75. The molecule has 0 fully saturated rings. The first-order valence-corrected chi connectivity index (χ1v) is 4.68. The number of hydrogen-bond acceptors (Lipinski definition) is 2. The third kappa shape index (κ3) is 3.94. The van der Waals surface area contributed by atoms with Gasteiger partial charge in [0, 0.05) is 32.3 Å². The van der Waals surface area contributed by atoms with Crippen LogP contribution < -0.4 is 0 Å². The molecule has 0 atom stereocenters. The van der Waals surface area contributed by atoms with Crippen LogP contribution in [0.3, 0.4) is 0 Å². The van der Waals surface area contributed by atoms with Gasteiger partial charge in [0.2, 0.25) is 0 Å². The van der Waals surface area contributed by atoms with E-state index in [4.69, 9.17) is 0 Å². The van der Waals surface area contributed by atoms with Crippen molar-refractivity contribution in [2.45, 2.75) is 6.42 Å². The van der Waals surface area contributed by atoms with Crippen LogP contribution in [0.25, 0.3) is 0 Å². The first-order valence-electron chi connectivity index (χ1n) is 4.68. The van der Waals surface area contributed by atoms with Gasteiger partial charge in [-0.3, -0.25) is 4.79 Å². The van der Waals surface area contributed by atoms with Gasteiger partial charge in [0.1, 0.15) is 12.1 Å². The summed E-state index contributed by atoms with van der Waals surface area (Å²) in [6.45, 7) is 0. The van der Waals surface area contributed by atoms with E-state index in [0.29, 0.717) is 12.0 Å². The number of nitrogens with zero attached hydrogens (tertiary/aromatic N) is 1. The molecule has 15 heavy (non-hydrogen) atoms. The molecule has 0 bridgehead atoms. The number of carbonyl (C=O) groups is 1. The number of aldehydes is 1. The van der Waals surface area contributed by atoms with Crippen LogP contribution in [0, 0.1) is 5.82 Å². The molecule has 3 heteroatoms. The molecule has 0 saturated heterocycles.